The van der Waals surface area contributed by atoms with Crippen LogP contribution >= 0.6 is 0 Å². The van der Waals surface area contributed by atoms with Crippen LogP contribution in [0.4, 0.5) is 0 Å². The molecule has 6 heteroatoms. The van der Waals surface area contributed by atoms with Crippen molar-refractivity contribution in [2.24, 2.45) is 0 Å². The molecule has 0 spiro atoms. The summed E-state index contributed by atoms with van der Waals surface area (Å²) in [6.07, 6.45) is 0. The van der Waals surface area contributed by atoms with Crippen LogP contribution in [0.25, 0.3) is 231 Å². The molecule has 0 amide bonds. The number of para-hydroxylation sites is 2. The minimum atomic E-state index is 0.701. The molecule has 0 unspecified atom stereocenters. The predicted octanol–water partition coefficient (Wildman–Crippen LogP) is 29.7. The van der Waals surface area contributed by atoms with Crippen LogP contribution in [0.3, 0.4) is 0 Å². The van der Waals surface area contributed by atoms with Crippen molar-refractivity contribution < 1.29 is 0 Å². The summed E-state index contributed by atoms with van der Waals surface area (Å²) in [4.78, 5) is 21.3. The van der Waals surface area contributed by atoms with Crippen LogP contribution in [-0.4, -0.2) is 29.1 Å². The molecule has 0 radical (unpaired) electrons. The zero-order chi connectivity index (χ0) is 77.7. The van der Waals surface area contributed by atoms with Gasteiger partial charge in [-0.3, -0.25) is 0 Å². The van der Waals surface area contributed by atoms with Gasteiger partial charge in [-0.25, -0.2) is 19.9 Å². The normalized spacial score (nSPS) is 11.7. The molecule has 24 rings (SSSR count). The first-order valence-electron chi connectivity index (χ1n) is 40.3. The second-order valence-electron chi connectivity index (χ2n) is 30.6. The Kier molecular flexibility index (Phi) is 16.2. The van der Waals surface area contributed by atoms with Crippen LogP contribution in [0, 0.1) is 0 Å². The van der Waals surface area contributed by atoms with Gasteiger partial charge in [0.05, 0.1) is 55.9 Å². The molecule has 0 aliphatic rings. The average Bonchev–Trinajstić information content (AvgIpc) is 1.54. The van der Waals surface area contributed by atoms with Gasteiger partial charge in [-0.1, -0.05) is 352 Å². The van der Waals surface area contributed by atoms with Gasteiger partial charge in [0, 0.05) is 65.3 Å². The lowest BCUT2D eigenvalue weighted by molar-refractivity contribution is 1.19. The molecule has 0 atom stereocenters. The number of nitrogens with zero attached hydrogens (tertiary/aromatic N) is 6. The van der Waals surface area contributed by atoms with E-state index >= 15 is 0 Å². The zero-order valence-electron chi connectivity index (χ0n) is 64.1. The highest BCUT2D eigenvalue weighted by Gasteiger charge is 2.26. The van der Waals surface area contributed by atoms with E-state index in [9.17, 15) is 0 Å². The highest BCUT2D eigenvalue weighted by atomic mass is 15.0. The lowest BCUT2D eigenvalue weighted by Crippen LogP contribution is -1.99. The van der Waals surface area contributed by atoms with Crippen LogP contribution in [-0.2, 0) is 0 Å². The summed E-state index contributed by atoms with van der Waals surface area (Å²) < 4.78 is 4.96. The highest BCUT2D eigenvalue weighted by molar-refractivity contribution is 6.32. The Hall–Kier alpha value is -15.8. The second-order valence-corrected chi connectivity index (χ2v) is 30.6. The summed E-state index contributed by atoms with van der Waals surface area (Å²) in [6, 6.07) is 153. The first-order valence-corrected chi connectivity index (χ1v) is 40.3. The van der Waals surface area contributed by atoms with Gasteiger partial charge in [0.1, 0.15) is 0 Å². The molecule has 118 heavy (non-hydrogen) atoms. The molecule has 20 aromatic carbocycles. The Morgan fingerprint density at radius 2 is 0.500 bits per heavy atom. The summed E-state index contributed by atoms with van der Waals surface area (Å²) in [6.45, 7) is 0. The van der Waals surface area contributed by atoms with E-state index in [2.05, 4.69) is 428 Å². The van der Waals surface area contributed by atoms with E-state index in [0.29, 0.717) is 11.6 Å². The Morgan fingerprint density at radius 1 is 0.161 bits per heavy atom. The number of hydrogen-bond acceptors (Lipinski definition) is 4. The molecule has 4 heterocycles. The number of benzene rings is 20. The fourth-order valence-corrected chi connectivity index (χ4v) is 18.7. The number of rotatable bonds is 10. The lowest BCUT2D eigenvalue weighted by Gasteiger charge is -2.16. The molecule has 548 valence electrons. The Morgan fingerprint density at radius 3 is 1.05 bits per heavy atom. The van der Waals surface area contributed by atoms with Crippen LogP contribution in [0.5, 0.6) is 0 Å². The Bertz CT molecular complexity index is 7990. The quantitative estimate of drug-likeness (QED) is 0.137. The smallest absolute Gasteiger partial charge is 0.161 e. The first-order chi connectivity index (χ1) is 58.6. The summed E-state index contributed by atoms with van der Waals surface area (Å²) in [5.74, 6) is 1.41. The number of hydrogen-bond donors (Lipinski definition) is 0. The monoisotopic (exact) mass is 1500 g/mol. The van der Waals surface area contributed by atoms with Crippen molar-refractivity contribution in [1.82, 2.24) is 29.1 Å². The van der Waals surface area contributed by atoms with Crippen LogP contribution in [0.2, 0.25) is 0 Å². The summed E-state index contributed by atoms with van der Waals surface area (Å²) >= 11 is 0. The third kappa shape index (κ3) is 11.2. The maximum atomic E-state index is 5.50. The van der Waals surface area contributed by atoms with Gasteiger partial charge in [-0.05, 0) is 171 Å². The van der Waals surface area contributed by atoms with E-state index in [1.807, 2.05) is 6.07 Å². The molecule has 0 N–H and O–H groups in total. The van der Waals surface area contributed by atoms with Gasteiger partial charge in [-0.2, -0.15) is 0 Å². The van der Waals surface area contributed by atoms with Crippen LogP contribution < -0.4 is 0 Å². The van der Waals surface area contributed by atoms with Gasteiger partial charge >= 0.3 is 0 Å². The maximum absolute atomic E-state index is 5.50. The average molecular weight is 1500 g/mol. The Balaban J connectivity index is 0.000000138. The van der Waals surface area contributed by atoms with E-state index in [4.69, 9.17) is 19.9 Å². The molecule has 0 aliphatic heterocycles. The van der Waals surface area contributed by atoms with Gasteiger partial charge in [-0.15, -0.1) is 0 Å². The Labute approximate surface area is 680 Å². The highest BCUT2D eigenvalue weighted by Crippen LogP contribution is 2.49. The van der Waals surface area contributed by atoms with E-state index < -0.39 is 0 Å². The van der Waals surface area contributed by atoms with Crippen molar-refractivity contribution in [2.45, 2.75) is 0 Å². The van der Waals surface area contributed by atoms with Crippen LogP contribution in [0.15, 0.2) is 425 Å². The molecule has 0 aliphatic carbocycles. The first kappa shape index (κ1) is 67.9. The molecule has 6 nitrogen and oxygen atoms in total. The molecule has 0 fully saturated rings. The minimum absolute atomic E-state index is 0.701. The van der Waals surface area contributed by atoms with E-state index in [0.717, 1.165) is 111 Å². The van der Waals surface area contributed by atoms with Gasteiger partial charge in [0.2, 0.25) is 0 Å². The summed E-state index contributed by atoms with van der Waals surface area (Å²) in [5.41, 5.74) is 24.2. The predicted molar refractivity (Wildman–Crippen MR) is 496 cm³/mol. The SMILES string of the molecule is c1ccc(-c2cc(-c3ccccc3)cc(-c3nc(-c4ccc(-n5c6ccc7ccccc7c6c6c7ccccc7ccc65)c5ccccc45)nc4ccccc34)c2)cc1.c1ccc(-c2nc(-c3cccc4c(-n5c6ccc7c(-c8ccccc8)cccc7c6c6c7ccccc7c(-c7ccccc7)cc65)cccc34)nc3ccccc23)cc1. The maximum Gasteiger partial charge on any atom is 0.161 e. The molecular formula is C112H70N6. The third-order valence-electron chi connectivity index (χ3n) is 23.9. The number of aromatic nitrogens is 6. The molecule has 0 bridgehead atoms. The van der Waals surface area contributed by atoms with Crippen molar-refractivity contribution >= 4 is 130 Å². The molecular weight excluding hydrogens is 1430 g/mol. The molecule has 24 aromatic rings. The molecule has 0 saturated heterocycles. The summed E-state index contributed by atoms with van der Waals surface area (Å²) in [5, 5.41) is 21.6. The van der Waals surface area contributed by atoms with E-state index in [1.165, 1.54) is 109 Å². The van der Waals surface area contributed by atoms with Crippen molar-refractivity contribution in [3.8, 4) is 101 Å². The zero-order valence-corrected chi connectivity index (χ0v) is 64.1. The standard InChI is InChI=1S/2C56H35N3/c1-4-17-36(18-5-1)39-26-14-29-45-42(39)33-34-51-53(45)54-44-24-11-10-23-41(44)48(37-19-6-2-7-20-37)35-52(54)59(51)50-32-16-27-40-43(50)28-15-30-46(40)56-57-49-31-13-12-25-47(49)55(58-56)38-21-8-3-9-22-38;1-3-15-36(16-4-1)40-33-41(37-17-5-2-6-18-37)35-42(34-40)55-48-25-13-14-26-49(48)57-56(58-55)47-29-32-50(46-24-12-11-23-45(46)47)59-51-30-27-38-19-7-9-21-43(38)53(51)54-44-22-10-8-20-39(44)28-31-52(54)59/h2*1-35H. The molecule has 0 saturated carbocycles. The third-order valence-corrected chi connectivity index (χ3v) is 23.9. The fourth-order valence-electron chi connectivity index (χ4n) is 18.7. The van der Waals surface area contributed by atoms with E-state index in [-0.39, 0.29) is 0 Å². The van der Waals surface area contributed by atoms with Gasteiger partial charge < -0.3 is 9.13 Å². The fraction of sp³-hybridized carbons (Fsp3) is 0. The lowest BCUT2D eigenvalue weighted by atomic mass is 9.92. The second kappa shape index (κ2) is 28.1. The topological polar surface area (TPSA) is 61.4 Å². The van der Waals surface area contributed by atoms with Crippen molar-refractivity contribution in [3.63, 3.8) is 0 Å². The minimum Gasteiger partial charge on any atom is -0.309 e. The molecule has 4 aromatic heterocycles. The van der Waals surface area contributed by atoms with Crippen LogP contribution in [0.1, 0.15) is 0 Å². The summed E-state index contributed by atoms with van der Waals surface area (Å²) in [7, 11) is 0. The van der Waals surface area contributed by atoms with Crippen molar-refractivity contribution in [3.05, 3.63) is 425 Å². The van der Waals surface area contributed by atoms with Gasteiger partial charge in [0.25, 0.3) is 0 Å². The van der Waals surface area contributed by atoms with E-state index in [1.54, 1.807) is 0 Å². The number of fused-ring (bicyclic) bond motifs is 18. The largest absolute Gasteiger partial charge is 0.309 e. The van der Waals surface area contributed by atoms with Crippen molar-refractivity contribution in [2.75, 3.05) is 0 Å². The van der Waals surface area contributed by atoms with Gasteiger partial charge in [0.15, 0.2) is 11.6 Å². The van der Waals surface area contributed by atoms with Crippen molar-refractivity contribution in [1.29, 1.82) is 0 Å².